The number of benzene rings is 1. The summed E-state index contributed by atoms with van der Waals surface area (Å²) >= 11 is 5.88. The first-order valence-electron chi connectivity index (χ1n) is 4.13. The van der Waals surface area contributed by atoms with E-state index in [2.05, 4.69) is 11.1 Å². The highest BCUT2D eigenvalue weighted by atomic mass is 35.5. The molecule has 0 saturated heterocycles. The normalized spacial score (nSPS) is 10.4. The van der Waals surface area contributed by atoms with Crippen molar-refractivity contribution in [1.82, 2.24) is 4.98 Å². The van der Waals surface area contributed by atoms with E-state index in [0.29, 0.717) is 22.0 Å². The van der Waals surface area contributed by atoms with Crippen LogP contribution in [0.15, 0.2) is 16.5 Å². The van der Waals surface area contributed by atoms with E-state index >= 15 is 0 Å². The fourth-order valence-corrected chi connectivity index (χ4v) is 1.63. The summed E-state index contributed by atoms with van der Waals surface area (Å²) in [7, 11) is 0. The van der Waals surface area contributed by atoms with Gasteiger partial charge in [0.05, 0.1) is 12.5 Å². The minimum Gasteiger partial charge on any atom is -0.441 e. The Morgan fingerprint density at radius 2 is 2.36 bits per heavy atom. The van der Waals surface area contributed by atoms with Crippen molar-refractivity contribution < 1.29 is 4.42 Å². The Morgan fingerprint density at radius 1 is 1.57 bits per heavy atom. The molecular weight excluding hydrogens is 200 g/mol. The maximum absolute atomic E-state index is 8.62. The van der Waals surface area contributed by atoms with Gasteiger partial charge in [-0.15, -0.1) is 0 Å². The molecular formula is C10H7ClN2O. The second kappa shape index (κ2) is 3.32. The average Bonchev–Trinajstić information content (AvgIpc) is 2.45. The number of fused-ring (bicyclic) bond motifs is 1. The molecule has 70 valence electrons. The lowest BCUT2D eigenvalue weighted by Crippen LogP contribution is -1.82. The molecule has 1 aromatic carbocycles. The maximum atomic E-state index is 8.62. The first-order valence-corrected chi connectivity index (χ1v) is 4.51. The molecule has 0 bridgehead atoms. The lowest BCUT2D eigenvalue weighted by atomic mass is 10.1. The number of halogens is 1. The molecule has 0 N–H and O–H groups in total. The van der Waals surface area contributed by atoms with Gasteiger partial charge in [0.25, 0.3) is 0 Å². The summed E-state index contributed by atoms with van der Waals surface area (Å²) in [6, 6.07) is 5.53. The van der Waals surface area contributed by atoms with Gasteiger partial charge in [-0.05, 0) is 12.1 Å². The van der Waals surface area contributed by atoms with Crippen LogP contribution in [0.5, 0.6) is 0 Å². The predicted octanol–water partition coefficient (Wildman–Crippen LogP) is 2.86. The average molecular weight is 207 g/mol. The first-order chi connectivity index (χ1) is 6.70. The van der Waals surface area contributed by atoms with Crippen LogP contribution < -0.4 is 0 Å². The lowest BCUT2D eigenvalue weighted by molar-refractivity contribution is 0.558. The van der Waals surface area contributed by atoms with Gasteiger partial charge >= 0.3 is 0 Å². The summed E-state index contributed by atoms with van der Waals surface area (Å²) in [5.41, 5.74) is 2.16. The summed E-state index contributed by atoms with van der Waals surface area (Å²) in [5, 5.41) is 9.20. The van der Waals surface area contributed by atoms with Crippen molar-refractivity contribution in [3.63, 3.8) is 0 Å². The third kappa shape index (κ3) is 1.45. The Hall–Kier alpha value is -1.53. The topological polar surface area (TPSA) is 49.8 Å². The minimum atomic E-state index is 0.283. The van der Waals surface area contributed by atoms with Crippen molar-refractivity contribution in [1.29, 1.82) is 5.26 Å². The van der Waals surface area contributed by atoms with Crippen LogP contribution in [0, 0.1) is 18.3 Å². The largest absolute Gasteiger partial charge is 0.441 e. The molecule has 14 heavy (non-hydrogen) atoms. The van der Waals surface area contributed by atoms with Gasteiger partial charge in [-0.1, -0.05) is 11.6 Å². The third-order valence-corrected chi connectivity index (χ3v) is 2.13. The van der Waals surface area contributed by atoms with Gasteiger partial charge in [0.15, 0.2) is 11.5 Å². The number of oxazole rings is 1. The Balaban J connectivity index is 2.74. The molecule has 3 nitrogen and oxygen atoms in total. The number of aromatic nitrogens is 1. The van der Waals surface area contributed by atoms with E-state index in [0.717, 1.165) is 5.56 Å². The Labute approximate surface area is 85.9 Å². The van der Waals surface area contributed by atoms with Crippen LogP contribution in [-0.4, -0.2) is 4.98 Å². The molecule has 0 atom stereocenters. The number of nitrogens with zero attached hydrogens (tertiary/aromatic N) is 2. The van der Waals surface area contributed by atoms with Crippen molar-refractivity contribution >= 4 is 22.7 Å². The second-order valence-electron chi connectivity index (χ2n) is 2.98. The van der Waals surface area contributed by atoms with Crippen LogP contribution in [0.2, 0.25) is 5.02 Å². The van der Waals surface area contributed by atoms with Crippen molar-refractivity contribution in [3.8, 4) is 6.07 Å². The predicted molar refractivity (Wildman–Crippen MR) is 53.1 cm³/mol. The summed E-state index contributed by atoms with van der Waals surface area (Å²) in [6.45, 7) is 1.77. The van der Waals surface area contributed by atoms with E-state index in [1.54, 1.807) is 19.1 Å². The minimum absolute atomic E-state index is 0.283. The van der Waals surface area contributed by atoms with Crippen LogP contribution in [0.4, 0.5) is 0 Å². The van der Waals surface area contributed by atoms with E-state index in [4.69, 9.17) is 21.3 Å². The van der Waals surface area contributed by atoms with Crippen LogP contribution in [-0.2, 0) is 6.42 Å². The zero-order valence-corrected chi connectivity index (χ0v) is 8.30. The maximum Gasteiger partial charge on any atom is 0.192 e. The standard InChI is InChI=1S/C10H7ClN2O/c1-6-13-9-5-8(11)4-7(2-3-12)10(9)14-6/h4-5H,2H2,1H3. The smallest absolute Gasteiger partial charge is 0.192 e. The van der Waals surface area contributed by atoms with Crippen molar-refractivity contribution in [3.05, 3.63) is 28.6 Å². The van der Waals surface area contributed by atoms with Crippen LogP contribution in [0.1, 0.15) is 11.5 Å². The van der Waals surface area contributed by atoms with E-state index in [-0.39, 0.29) is 6.42 Å². The van der Waals surface area contributed by atoms with Crippen molar-refractivity contribution in [2.24, 2.45) is 0 Å². The number of rotatable bonds is 1. The van der Waals surface area contributed by atoms with Gasteiger partial charge < -0.3 is 4.42 Å². The number of aryl methyl sites for hydroxylation is 1. The molecule has 0 saturated carbocycles. The third-order valence-electron chi connectivity index (χ3n) is 1.91. The molecule has 0 aliphatic heterocycles. The van der Waals surface area contributed by atoms with Gasteiger partial charge in [0, 0.05) is 17.5 Å². The SMILES string of the molecule is Cc1nc2cc(Cl)cc(CC#N)c2o1. The van der Waals surface area contributed by atoms with Gasteiger partial charge in [0.1, 0.15) is 5.52 Å². The summed E-state index contributed by atoms with van der Waals surface area (Å²) in [5.74, 6) is 0.585. The number of hydrogen-bond acceptors (Lipinski definition) is 3. The fraction of sp³-hybridized carbons (Fsp3) is 0.200. The van der Waals surface area contributed by atoms with E-state index < -0.39 is 0 Å². The molecule has 4 heteroatoms. The molecule has 1 heterocycles. The molecule has 0 radical (unpaired) electrons. The monoisotopic (exact) mass is 206 g/mol. The summed E-state index contributed by atoms with van der Waals surface area (Å²) in [4.78, 5) is 4.16. The molecule has 0 aliphatic rings. The summed E-state index contributed by atoms with van der Waals surface area (Å²) < 4.78 is 5.39. The highest BCUT2D eigenvalue weighted by molar-refractivity contribution is 6.31. The van der Waals surface area contributed by atoms with Gasteiger partial charge in [-0.3, -0.25) is 0 Å². The zero-order chi connectivity index (χ0) is 10.1. The molecule has 2 aromatic rings. The second-order valence-corrected chi connectivity index (χ2v) is 3.42. The quantitative estimate of drug-likeness (QED) is 0.721. The molecule has 1 aromatic heterocycles. The number of hydrogen-bond donors (Lipinski definition) is 0. The lowest BCUT2D eigenvalue weighted by Gasteiger charge is -1.96. The number of nitriles is 1. The van der Waals surface area contributed by atoms with Gasteiger partial charge in [0.2, 0.25) is 0 Å². The van der Waals surface area contributed by atoms with Gasteiger partial charge in [-0.2, -0.15) is 5.26 Å². The van der Waals surface area contributed by atoms with Crippen molar-refractivity contribution in [2.45, 2.75) is 13.3 Å². The van der Waals surface area contributed by atoms with Crippen molar-refractivity contribution in [2.75, 3.05) is 0 Å². The fourth-order valence-electron chi connectivity index (χ4n) is 1.39. The van der Waals surface area contributed by atoms with E-state index in [9.17, 15) is 0 Å². The van der Waals surface area contributed by atoms with Gasteiger partial charge in [-0.25, -0.2) is 4.98 Å². The molecule has 0 unspecified atom stereocenters. The Kier molecular flexibility index (Phi) is 2.14. The zero-order valence-electron chi connectivity index (χ0n) is 7.54. The Morgan fingerprint density at radius 3 is 3.07 bits per heavy atom. The molecule has 0 fully saturated rings. The Bertz CT molecular complexity index is 525. The molecule has 0 aliphatic carbocycles. The summed E-state index contributed by atoms with van der Waals surface area (Å²) in [6.07, 6.45) is 0.283. The van der Waals surface area contributed by atoms with Crippen LogP contribution in [0.25, 0.3) is 11.1 Å². The van der Waals surface area contributed by atoms with Crippen LogP contribution in [0.3, 0.4) is 0 Å². The first kappa shape index (κ1) is 9.04. The molecule has 0 spiro atoms. The molecule has 2 rings (SSSR count). The van der Waals surface area contributed by atoms with E-state index in [1.807, 2.05) is 0 Å². The molecule has 0 amide bonds. The highest BCUT2D eigenvalue weighted by Gasteiger charge is 2.09. The van der Waals surface area contributed by atoms with Crippen LogP contribution >= 0.6 is 11.6 Å². The highest BCUT2D eigenvalue weighted by Crippen LogP contribution is 2.24. The van der Waals surface area contributed by atoms with E-state index in [1.165, 1.54) is 0 Å².